The summed E-state index contributed by atoms with van der Waals surface area (Å²) in [6.45, 7) is 5.73. The molecular formula is C14H23N3. The average Bonchev–Trinajstić information content (AvgIpc) is 2.61. The molecule has 1 heterocycles. The molecule has 1 saturated carbocycles. The second-order valence-electron chi connectivity index (χ2n) is 5.89. The molecule has 0 spiro atoms. The van der Waals surface area contributed by atoms with Crippen LogP contribution in [0.25, 0.3) is 0 Å². The highest BCUT2D eigenvalue weighted by molar-refractivity contribution is 5.34. The third kappa shape index (κ3) is 3.70. The maximum Gasteiger partial charge on any atom is 0.0501 e. The summed E-state index contributed by atoms with van der Waals surface area (Å²) in [5.41, 5.74) is 7.98. The van der Waals surface area contributed by atoms with E-state index in [4.69, 9.17) is 5.73 Å². The molecule has 1 atom stereocenters. The minimum absolute atomic E-state index is 0.525. The number of nitrogens with zero attached hydrogens (tertiary/aromatic N) is 1. The zero-order chi connectivity index (χ0) is 12.3. The van der Waals surface area contributed by atoms with Gasteiger partial charge in [-0.1, -0.05) is 13.8 Å². The van der Waals surface area contributed by atoms with Crippen LogP contribution in [0.3, 0.4) is 0 Å². The molecule has 2 rings (SSSR count). The number of anilines is 1. The van der Waals surface area contributed by atoms with Crippen LogP contribution in [0.1, 0.15) is 38.8 Å². The van der Waals surface area contributed by atoms with E-state index in [0.717, 1.165) is 24.3 Å². The number of nitrogens with two attached hydrogens (primary N) is 1. The summed E-state index contributed by atoms with van der Waals surface area (Å²) in [4.78, 5) is 4.31. The zero-order valence-electron chi connectivity index (χ0n) is 10.9. The van der Waals surface area contributed by atoms with Crippen molar-refractivity contribution >= 4 is 5.69 Å². The van der Waals surface area contributed by atoms with E-state index < -0.39 is 0 Å². The summed E-state index contributed by atoms with van der Waals surface area (Å²) >= 11 is 0. The van der Waals surface area contributed by atoms with Crippen LogP contribution in [0, 0.1) is 5.41 Å². The molecule has 0 amide bonds. The first kappa shape index (κ1) is 12.4. The number of nitrogens with one attached hydrogen (secondary N) is 1. The first-order chi connectivity index (χ1) is 8.05. The Hall–Kier alpha value is -1.09. The highest BCUT2D eigenvalue weighted by Gasteiger charge is 2.30. The van der Waals surface area contributed by atoms with Crippen molar-refractivity contribution in [1.29, 1.82) is 0 Å². The molecule has 17 heavy (non-hydrogen) atoms. The van der Waals surface area contributed by atoms with Gasteiger partial charge in [0.2, 0.25) is 0 Å². The molecule has 1 fully saturated rings. The minimum Gasteiger partial charge on any atom is -0.397 e. The molecule has 0 aliphatic heterocycles. The Kier molecular flexibility index (Phi) is 3.67. The van der Waals surface area contributed by atoms with Crippen LogP contribution in [0.2, 0.25) is 0 Å². The molecular weight excluding hydrogens is 210 g/mol. The van der Waals surface area contributed by atoms with Gasteiger partial charge in [-0.15, -0.1) is 0 Å². The van der Waals surface area contributed by atoms with Crippen molar-refractivity contribution in [2.45, 2.75) is 45.6 Å². The van der Waals surface area contributed by atoms with E-state index in [9.17, 15) is 0 Å². The first-order valence-electron chi connectivity index (χ1n) is 6.49. The van der Waals surface area contributed by atoms with Crippen LogP contribution in [0.15, 0.2) is 18.3 Å². The van der Waals surface area contributed by atoms with E-state index in [1.165, 1.54) is 19.3 Å². The summed E-state index contributed by atoms with van der Waals surface area (Å²) in [6.07, 6.45) is 6.65. The highest BCUT2D eigenvalue weighted by Crippen LogP contribution is 2.36. The molecule has 1 aliphatic rings. The maximum atomic E-state index is 5.61. The zero-order valence-corrected chi connectivity index (χ0v) is 10.9. The summed E-state index contributed by atoms with van der Waals surface area (Å²) in [5.74, 6) is 0. The molecule has 94 valence electrons. The Bertz CT molecular complexity index is 356. The van der Waals surface area contributed by atoms with Crippen molar-refractivity contribution < 1.29 is 0 Å². The summed E-state index contributed by atoms with van der Waals surface area (Å²) in [7, 11) is 0. The second-order valence-corrected chi connectivity index (χ2v) is 5.89. The van der Waals surface area contributed by atoms with Crippen molar-refractivity contribution in [2.75, 3.05) is 12.3 Å². The van der Waals surface area contributed by atoms with Crippen LogP contribution in [-0.2, 0) is 6.42 Å². The van der Waals surface area contributed by atoms with E-state index in [2.05, 4.69) is 24.1 Å². The molecule has 1 aromatic heterocycles. The molecule has 0 aromatic carbocycles. The van der Waals surface area contributed by atoms with Crippen LogP contribution in [0.4, 0.5) is 5.69 Å². The number of hydrogen-bond donors (Lipinski definition) is 2. The standard InChI is InChI=1S/C14H23N3/c1-14(2)7-5-13(9-14)16-8-6-12-4-3-11(15)10-17-12/h3-4,10,13,16H,5-9,15H2,1-2H3. The van der Waals surface area contributed by atoms with Gasteiger partial charge in [-0.2, -0.15) is 0 Å². The minimum atomic E-state index is 0.525. The normalized spacial score (nSPS) is 22.8. The fourth-order valence-electron chi connectivity index (χ4n) is 2.60. The average molecular weight is 233 g/mol. The van der Waals surface area contributed by atoms with E-state index in [0.29, 0.717) is 11.5 Å². The third-order valence-electron chi connectivity index (χ3n) is 3.63. The van der Waals surface area contributed by atoms with Gasteiger partial charge in [0.15, 0.2) is 0 Å². The van der Waals surface area contributed by atoms with Crippen molar-refractivity contribution in [3.63, 3.8) is 0 Å². The Morgan fingerprint density at radius 1 is 1.47 bits per heavy atom. The lowest BCUT2D eigenvalue weighted by Crippen LogP contribution is -2.29. The maximum absolute atomic E-state index is 5.61. The fourth-order valence-corrected chi connectivity index (χ4v) is 2.60. The summed E-state index contributed by atoms with van der Waals surface area (Å²) in [5, 5.41) is 3.63. The van der Waals surface area contributed by atoms with E-state index in [1.807, 2.05) is 12.1 Å². The van der Waals surface area contributed by atoms with Crippen molar-refractivity contribution in [1.82, 2.24) is 10.3 Å². The number of pyridine rings is 1. The number of rotatable bonds is 4. The number of aromatic nitrogens is 1. The van der Waals surface area contributed by atoms with Gasteiger partial charge >= 0.3 is 0 Å². The lowest BCUT2D eigenvalue weighted by molar-refractivity contribution is 0.365. The van der Waals surface area contributed by atoms with Crippen molar-refractivity contribution in [3.8, 4) is 0 Å². The second kappa shape index (κ2) is 5.05. The predicted octanol–water partition coefficient (Wildman–Crippen LogP) is 2.37. The Balaban J connectivity index is 1.71. The van der Waals surface area contributed by atoms with E-state index in [-0.39, 0.29) is 0 Å². The number of nitrogen functional groups attached to an aromatic ring is 1. The van der Waals surface area contributed by atoms with Gasteiger partial charge in [-0.25, -0.2) is 0 Å². The Labute approximate surface area is 104 Å². The van der Waals surface area contributed by atoms with Gasteiger partial charge < -0.3 is 11.1 Å². The Morgan fingerprint density at radius 3 is 2.88 bits per heavy atom. The predicted molar refractivity (Wildman–Crippen MR) is 71.8 cm³/mol. The van der Waals surface area contributed by atoms with Crippen LogP contribution in [-0.4, -0.2) is 17.6 Å². The highest BCUT2D eigenvalue weighted by atomic mass is 14.9. The van der Waals surface area contributed by atoms with E-state index in [1.54, 1.807) is 6.20 Å². The quantitative estimate of drug-likeness (QED) is 0.839. The molecule has 1 aliphatic carbocycles. The van der Waals surface area contributed by atoms with Gasteiger partial charge in [0.25, 0.3) is 0 Å². The van der Waals surface area contributed by atoms with E-state index >= 15 is 0 Å². The van der Waals surface area contributed by atoms with Crippen LogP contribution in [0.5, 0.6) is 0 Å². The Morgan fingerprint density at radius 2 is 2.29 bits per heavy atom. The fraction of sp³-hybridized carbons (Fsp3) is 0.643. The first-order valence-corrected chi connectivity index (χ1v) is 6.49. The number of hydrogen-bond acceptors (Lipinski definition) is 3. The monoisotopic (exact) mass is 233 g/mol. The summed E-state index contributed by atoms with van der Waals surface area (Å²) in [6, 6.07) is 4.62. The molecule has 1 unspecified atom stereocenters. The summed E-state index contributed by atoms with van der Waals surface area (Å²) < 4.78 is 0. The molecule has 3 nitrogen and oxygen atoms in total. The molecule has 0 bridgehead atoms. The molecule has 3 N–H and O–H groups in total. The SMILES string of the molecule is CC1(C)CCC(NCCc2ccc(N)cn2)C1. The van der Waals surface area contributed by atoms with Crippen molar-refractivity contribution in [3.05, 3.63) is 24.0 Å². The van der Waals surface area contributed by atoms with Gasteiger partial charge in [0.05, 0.1) is 11.9 Å². The smallest absolute Gasteiger partial charge is 0.0501 e. The lowest BCUT2D eigenvalue weighted by Gasteiger charge is -2.17. The molecule has 0 radical (unpaired) electrons. The molecule has 1 aromatic rings. The van der Waals surface area contributed by atoms with Crippen LogP contribution < -0.4 is 11.1 Å². The molecule has 3 heteroatoms. The van der Waals surface area contributed by atoms with Gasteiger partial charge in [-0.05, 0) is 36.8 Å². The third-order valence-corrected chi connectivity index (χ3v) is 3.63. The lowest BCUT2D eigenvalue weighted by atomic mass is 9.92. The van der Waals surface area contributed by atoms with Gasteiger partial charge in [0, 0.05) is 24.7 Å². The van der Waals surface area contributed by atoms with Gasteiger partial charge in [0.1, 0.15) is 0 Å². The largest absolute Gasteiger partial charge is 0.397 e. The van der Waals surface area contributed by atoms with Gasteiger partial charge in [-0.3, -0.25) is 4.98 Å². The van der Waals surface area contributed by atoms with Crippen molar-refractivity contribution in [2.24, 2.45) is 5.41 Å². The van der Waals surface area contributed by atoms with Crippen LogP contribution >= 0.6 is 0 Å². The molecule has 0 saturated heterocycles. The topological polar surface area (TPSA) is 50.9 Å².